The summed E-state index contributed by atoms with van der Waals surface area (Å²) in [5.74, 6) is 0. The zero-order valence-electron chi connectivity index (χ0n) is 9.01. The van der Waals surface area contributed by atoms with Gasteiger partial charge in [-0.1, -0.05) is 24.3 Å². The van der Waals surface area contributed by atoms with Crippen LogP contribution in [-0.2, 0) is 0 Å². The van der Waals surface area contributed by atoms with Crippen LogP contribution in [-0.4, -0.2) is 0 Å². The molecule has 0 amide bonds. The van der Waals surface area contributed by atoms with Gasteiger partial charge in [0.15, 0.2) is 0 Å². The van der Waals surface area contributed by atoms with Crippen LogP contribution in [0.4, 0.5) is 5.69 Å². The maximum Gasteiger partial charge on any atom is 0.0998 e. The number of benzene rings is 2. The highest BCUT2D eigenvalue weighted by Gasteiger charge is 2.11. The number of anilines is 1. The van der Waals surface area contributed by atoms with Gasteiger partial charge >= 0.3 is 0 Å². The van der Waals surface area contributed by atoms with Gasteiger partial charge in [-0.15, -0.1) is 0 Å². The zero-order chi connectivity index (χ0) is 12.3. The lowest BCUT2D eigenvalue weighted by Crippen LogP contribution is -1.95. The summed E-state index contributed by atoms with van der Waals surface area (Å²) in [4.78, 5) is 0. The number of nitrogens with two attached hydrogens (primary N) is 1. The molecule has 0 heterocycles. The SMILES string of the molecule is N#Cc1ccccc1-c1c(N)cccc1C#N. The van der Waals surface area contributed by atoms with Crippen molar-refractivity contribution in [3.8, 4) is 23.3 Å². The van der Waals surface area contributed by atoms with E-state index in [-0.39, 0.29) is 0 Å². The molecule has 2 rings (SSSR count). The molecule has 80 valence electrons. The van der Waals surface area contributed by atoms with E-state index in [1.54, 1.807) is 36.4 Å². The number of hydrogen-bond acceptors (Lipinski definition) is 3. The van der Waals surface area contributed by atoms with Crippen LogP contribution in [0.5, 0.6) is 0 Å². The fourth-order valence-corrected chi connectivity index (χ4v) is 1.76. The van der Waals surface area contributed by atoms with Crippen molar-refractivity contribution >= 4 is 5.69 Å². The van der Waals surface area contributed by atoms with Crippen LogP contribution >= 0.6 is 0 Å². The molecule has 0 saturated carbocycles. The van der Waals surface area contributed by atoms with Gasteiger partial charge in [-0.05, 0) is 18.2 Å². The van der Waals surface area contributed by atoms with Crippen molar-refractivity contribution in [1.82, 2.24) is 0 Å². The van der Waals surface area contributed by atoms with Crippen molar-refractivity contribution in [2.75, 3.05) is 5.73 Å². The Hall–Kier alpha value is -2.78. The van der Waals surface area contributed by atoms with Crippen molar-refractivity contribution in [3.05, 3.63) is 53.6 Å². The molecule has 0 aliphatic carbocycles. The summed E-state index contributed by atoms with van der Waals surface area (Å²) in [7, 11) is 0. The summed E-state index contributed by atoms with van der Waals surface area (Å²) >= 11 is 0. The van der Waals surface area contributed by atoms with Crippen molar-refractivity contribution in [3.63, 3.8) is 0 Å². The van der Waals surface area contributed by atoms with Gasteiger partial charge in [-0.2, -0.15) is 10.5 Å². The first-order valence-corrected chi connectivity index (χ1v) is 5.06. The van der Waals surface area contributed by atoms with Gasteiger partial charge in [0, 0.05) is 16.8 Å². The lowest BCUT2D eigenvalue weighted by Gasteiger charge is -2.09. The molecule has 0 aliphatic heterocycles. The average molecular weight is 219 g/mol. The predicted octanol–water partition coefficient (Wildman–Crippen LogP) is 2.68. The van der Waals surface area contributed by atoms with E-state index in [0.717, 1.165) is 0 Å². The first-order chi connectivity index (χ1) is 8.27. The quantitative estimate of drug-likeness (QED) is 0.749. The third kappa shape index (κ3) is 1.82. The molecule has 0 aliphatic rings. The molecular weight excluding hydrogens is 210 g/mol. The number of rotatable bonds is 1. The van der Waals surface area contributed by atoms with E-state index in [9.17, 15) is 0 Å². The fourth-order valence-electron chi connectivity index (χ4n) is 1.76. The molecular formula is C14H9N3. The number of hydrogen-bond donors (Lipinski definition) is 1. The molecule has 0 spiro atoms. The van der Waals surface area contributed by atoms with Crippen LogP contribution in [0.1, 0.15) is 11.1 Å². The lowest BCUT2D eigenvalue weighted by molar-refractivity contribution is 1.45. The monoisotopic (exact) mass is 219 g/mol. The van der Waals surface area contributed by atoms with Gasteiger partial charge in [-0.25, -0.2) is 0 Å². The zero-order valence-corrected chi connectivity index (χ0v) is 9.01. The van der Waals surface area contributed by atoms with Crippen LogP contribution in [0.25, 0.3) is 11.1 Å². The van der Waals surface area contributed by atoms with Gasteiger partial charge in [0.05, 0.1) is 23.3 Å². The minimum absolute atomic E-state index is 0.479. The first kappa shape index (κ1) is 10.7. The van der Waals surface area contributed by atoms with E-state index in [0.29, 0.717) is 27.9 Å². The van der Waals surface area contributed by atoms with Crippen LogP contribution in [0.2, 0.25) is 0 Å². The summed E-state index contributed by atoms with van der Waals surface area (Å²) in [5.41, 5.74) is 8.72. The summed E-state index contributed by atoms with van der Waals surface area (Å²) in [6, 6.07) is 16.5. The Labute approximate surface area is 99.3 Å². The normalized spacial score (nSPS) is 9.29. The molecule has 0 aromatic heterocycles. The highest BCUT2D eigenvalue weighted by molar-refractivity contribution is 5.84. The molecule has 0 unspecified atom stereocenters. The van der Waals surface area contributed by atoms with E-state index in [4.69, 9.17) is 16.3 Å². The van der Waals surface area contributed by atoms with Gasteiger partial charge in [0.1, 0.15) is 0 Å². The Morgan fingerprint density at radius 2 is 1.47 bits per heavy atom. The number of nitrogens with zero attached hydrogens (tertiary/aromatic N) is 2. The Morgan fingerprint density at radius 3 is 2.18 bits per heavy atom. The Bertz CT molecular complexity index is 645. The van der Waals surface area contributed by atoms with E-state index in [2.05, 4.69) is 12.1 Å². The molecule has 0 radical (unpaired) electrons. The lowest BCUT2D eigenvalue weighted by atomic mass is 9.95. The summed E-state index contributed by atoms with van der Waals surface area (Å²) in [5, 5.41) is 18.1. The predicted molar refractivity (Wildman–Crippen MR) is 65.7 cm³/mol. The second-order valence-corrected chi connectivity index (χ2v) is 3.54. The van der Waals surface area contributed by atoms with Crippen molar-refractivity contribution < 1.29 is 0 Å². The molecule has 0 atom stereocenters. The molecule has 0 bridgehead atoms. The maximum atomic E-state index is 9.08. The third-order valence-corrected chi connectivity index (χ3v) is 2.53. The van der Waals surface area contributed by atoms with Crippen molar-refractivity contribution in [2.24, 2.45) is 0 Å². The van der Waals surface area contributed by atoms with Crippen LogP contribution in [0.3, 0.4) is 0 Å². The molecule has 2 N–H and O–H groups in total. The first-order valence-electron chi connectivity index (χ1n) is 5.06. The molecule has 0 fully saturated rings. The average Bonchev–Trinajstić information content (AvgIpc) is 2.38. The van der Waals surface area contributed by atoms with Crippen molar-refractivity contribution in [1.29, 1.82) is 10.5 Å². The highest BCUT2D eigenvalue weighted by Crippen LogP contribution is 2.31. The molecule has 3 heteroatoms. The van der Waals surface area contributed by atoms with Gasteiger partial charge in [0.2, 0.25) is 0 Å². The summed E-state index contributed by atoms with van der Waals surface area (Å²) < 4.78 is 0. The van der Waals surface area contributed by atoms with E-state index in [1.807, 2.05) is 6.07 Å². The topological polar surface area (TPSA) is 73.6 Å². The van der Waals surface area contributed by atoms with Gasteiger partial charge < -0.3 is 5.73 Å². The molecule has 0 saturated heterocycles. The van der Waals surface area contributed by atoms with Crippen LogP contribution < -0.4 is 5.73 Å². The van der Waals surface area contributed by atoms with Gasteiger partial charge in [-0.3, -0.25) is 0 Å². The van der Waals surface area contributed by atoms with Crippen molar-refractivity contribution in [2.45, 2.75) is 0 Å². The van der Waals surface area contributed by atoms with E-state index >= 15 is 0 Å². The highest BCUT2D eigenvalue weighted by atomic mass is 14.6. The molecule has 2 aromatic rings. The summed E-state index contributed by atoms with van der Waals surface area (Å²) in [6.07, 6.45) is 0. The summed E-state index contributed by atoms with van der Waals surface area (Å²) in [6.45, 7) is 0. The second kappa shape index (κ2) is 4.38. The number of nitriles is 2. The van der Waals surface area contributed by atoms with Gasteiger partial charge in [0.25, 0.3) is 0 Å². The molecule has 3 nitrogen and oxygen atoms in total. The van der Waals surface area contributed by atoms with Crippen LogP contribution in [0, 0.1) is 22.7 Å². The van der Waals surface area contributed by atoms with E-state index < -0.39 is 0 Å². The fraction of sp³-hybridized carbons (Fsp3) is 0. The standard InChI is InChI=1S/C14H9N3/c15-8-10-4-1-2-6-12(10)14-11(9-16)5-3-7-13(14)17/h1-7H,17H2. The Morgan fingerprint density at radius 1 is 0.824 bits per heavy atom. The maximum absolute atomic E-state index is 9.08. The Kier molecular flexibility index (Phi) is 2.77. The Balaban J connectivity index is 2.79. The largest absolute Gasteiger partial charge is 0.398 e. The van der Waals surface area contributed by atoms with Crippen LogP contribution in [0.15, 0.2) is 42.5 Å². The third-order valence-electron chi connectivity index (χ3n) is 2.53. The number of nitrogen functional groups attached to an aromatic ring is 1. The minimum Gasteiger partial charge on any atom is -0.398 e. The minimum atomic E-state index is 0.479. The molecule has 17 heavy (non-hydrogen) atoms. The van der Waals surface area contributed by atoms with E-state index in [1.165, 1.54) is 0 Å². The second-order valence-electron chi connectivity index (χ2n) is 3.54. The molecule has 2 aromatic carbocycles. The smallest absolute Gasteiger partial charge is 0.0998 e.